The molecule has 0 spiro atoms. The van der Waals surface area contributed by atoms with Crippen molar-refractivity contribution in [3.05, 3.63) is 23.8 Å². The minimum Gasteiger partial charge on any atom is -0.454 e. The lowest BCUT2D eigenvalue weighted by molar-refractivity contribution is 0.167. The average molecular weight is 264 g/mol. The molecule has 2 aliphatic heterocycles. The first-order valence-electron chi connectivity index (χ1n) is 6.80. The normalized spacial score (nSPS) is 22.7. The molecule has 104 valence electrons. The number of rotatable bonds is 4. The van der Waals surface area contributed by atoms with Gasteiger partial charge in [0.1, 0.15) is 0 Å². The van der Waals surface area contributed by atoms with Gasteiger partial charge in [-0.25, -0.2) is 0 Å². The van der Waals surface area contributed by atoms with Crippen molar-refractivity contribution >= 4 is 0 Å². The van der Waals surface area contributed by atoms with Gasteiger partial charge in [0.05, 0.1) is 0 Å². The highest BCUT2D eigenvalue weighted by molar-refractivity contribution is 5.44. The zero-order valence-electron chi connectivity index (χ0n) is 11.0. The molecule has 5 nitrogen and oxygen atoms in total. The van der Waals surface area contributed by atoms with Crippen LogP contribution in [0.5, 0.6) is 11.5 Å². The van der Waals surface area contributed by atoms with Crippen molar-refractivity contribution in [1.29, 1.82) is 0 Å². The summed E-state index contributed by atoms with van der Waals surface area (Å²) in [6, 6.07) is 6.53. The van der Waals surface area contributed by atoms with Crippen molar-refractivity contribution in [3.8, 4) is 11.5 Å². The predicted molar refractivity (Wildman–Crippen MR) is 71.3 cm³/mol. The van der Waals surface area contributed by atoms with Gasteiger partial charge in [-0.1, -0.05) is 6.07 Å². The molecule has 1 saturated heterocycles. The number of benzene rings is 1. The van der Waals surface area contributed by atoms with Crippen LogP contribution in [0.4, 0.5) is 0 Å². The fraction of sp³-hybridized carbons (Fsp3) is 0.571. The summed E-state index contributed by atoms with van der Waals surface area (Å²) in [7, 11) is 0. The number of hydrogen-bond acceptors (Lipinski definition) is 5. The van der Waals surface area contributed by atoms with Crippen molar-refractivity contribution < 1.29 is 14.6 Å². The van der Waals surface area contributed by atoms with Gasteiger partial charge < -0.3 is 19.9 Å². The molecular weight excluding hydrogens is 244 g/mol. The summed E-state index contributed by atoms with van der Waals surface area (Å²) in [6.07, 6.45) is 0.817. The van der Waals surface area contributed by atoms with Crippen LogP contribution < -0.4 is 14.8 Å². The Kier molecular flexibility index (Phi) is 3.87. The van der Waals surface area contributed by atoms with Crippen molar-refractivity contribution in [3.63, 3.8) is 0 Å². The summed E-state index contributed by atoms with van der Waals surface area (Å²) in [6.45, 7) is 4.49. The number of hydrogen-bond donors (Lipinski definition) is 2. The van der Waals surface area contributed by atoms with Gasteiger partial charge >= 0.3 is 0 Å². The maximum absolute atomic E-state index is 9.01. The van der Waals surface area contributed by atoms with Gasteiger partial charge in [0.2, 0.25) is 6.79 Å². The van der Waals surface area contributed by atoms with Crippen LogP contribution in [0.3, 0.4) is 0 Å². The smallest absolute Gasteiger partial charge is 0.231 e. The minimum absolute atomic E-state index is 0.246. The van der Waals surface area contributed by atoms with Crippen molar-refractivity contribution in [2.24, 2.45) is 0 Å². The molecule has 1 aromatic rings. The second-order valence-electron chi connectivity index (χ2n) is 5.09. The molecule has 1 fully saturated rings. The van der Waals surface area contributed by atoms with Crippen LogP contribution in [0.15, 0.2) is 18.2 Å². The van der Waals surface area contributed by atoms with Gasteiger partial charge in [-0.2, -0.15) is 0 Å². The zero-order valence-corrected chi connectivity index (χ0v) is 11.0. The largest absolute Gasteiger partial charge is 0.454 e. The number of piperazine rings is 1. The van der Waals surface area contributed by atoms with Gasteiger partial charge in [0.25, 0.3) is 0 Å². The fourth-order valence-electron chi connectivity index (χ4n) is 2.68. The molecular formula is C14H20N2O3. The molecule has 19 heavy (non-hydrogen) atoms. The highest BCUT2D eigenvalue weighted by atomic mass is 16.7. The molecule has 2 heterocycles. The first-order valence-corrected chi connectivity index (χ1v) is 6.80. The molecule has 0 bridgehead atoms. The van der Waals surface area contributed by atoms with E-state index in [2.05, 4.69) is 22.3 Å². The molecule has 5 heteroatoms. The molecule has 3 rings (SSSR count). The van der Waals surface area contributed by atoms with Crippen LogP contribution in [-0.4, -0.2) is 49.1 Å². The number of aliphatic hydroxyl groups is 1. The highest BCUT2D eigenvalue weighted by Gasteiger charge is 2.20. The standard InChI is InChI=1S/C14H20N2O3/c17-6-3-12-9-16(5-4-15-12)8-11-1-2-13-14(7-11)19-10-18-13/h1-2,7,12,15,17H,3-6,8-10H2. The van der Waals surface area contributed by atoms with E-state index >= 15 is 0 Å². The van der Waals surface area contributed by atoms with E-state index in [-0.39, 0.29) is 6.61 Å². The van der Waals surface area contributed by atoms with E-state index in [1.54, 1.807) is 0 Å². The van der Waals surface area contributed by atoms with Crippen molar-refractivity contribution in [2.75, 3.05) is 33.0 Å². The Balaban J connectivity index is 1.61. The van der Waals surface area contributed by atoms with Gasteiger partial charge in [-0.3, -0.25) is 4.90 Å². The molecule has 0 aromatic heterocycles. The number of nitrogens with zero attached hydrogens (tertiary/aromatic N) is 1. The summed E-state index contributed by atoms with van der Waals surface area (Å²) < 4.78 is 10.7. The summed E-state index contributed by atoms with van der Waals surface area (Å²) in [5, 5.41) is 12.4. The Labute approximate surface area is 113 Å². The Morgan fingerprint density at radius 1 is 1.32 bits per heavy atom. The van der Waals surface area contributed by atoms with Crippen LogP contribution in [0.2, 0.25) is 0 Å². The highest BCUT2D eigenvalue weighted by Crippen LogP contribution is 2.32. The SMILES string of the molecule is OCCC1CN(Cc2ccc3c(c2)OCO3)CCN1. The van der Waals surface area contributed by atoms with Crippen molar-refractivity contribution in [2.45, 2.75) is 19.0 Å². The monoisotopic (exact) mass is 264 g/mol. The lowest BCUT2D eigenvalue weighted by atomic mass is 10.1. The third kappa shape index (κ3) is 3.00. The maximum atomic E-state index is 9.01. The van der Waals surface area contributed by atoms with Gasteiger partial charge in [-0.15, -0.1) is 0 Å². The Hall–Kier alpha value is -1.30. The van der Waals surface area contributed by atoms with Crippen LogP contribution >= 0.6 is 0 Å². The topological polar surface area (TPSA) is 54.0 Å². The summed E-state index contributed by atoms with van der Waals surface area (Å²) in [5.41, 5.74) is 1.24. The molecule has 2 N–H and O–H groups in total. The van der Waals surface area contributed by atoms with Crippen LogP contribution in [0.1, 0.15) is 12.0 Å². The molecule has 1 aromatic carbocycles. The zero-order chi connectivity index (χ0) is 13.1. The number of fused-ring (bicyclic) bond motifs is 1. The van der Waals surface area contributed by atoms with Gasteiger partial charge in [0.15, 0.2) is 11.5 Å². The molecule has 1 atom stereocenters. The Morgan fingerprint density at radius 3 is 3.11 bits per heavy atom. The average Bonchev–Trinajstić information content (AvgIpc) is 2.87. The van der Waals surface area contributed by atoms with E-state index in [1.165, 1.54) is 5.56 Å². The maximum Gasteiger partial charge on any atom is 0.231 e. The molecule has 0 aliphatic carbocycles. The van der Waals surface area contributed by atoms with Crippen LogP contribution in [-0.2, 0) is 6.54 Å². The second kappa shape index (κ2) is 5.77. The number of ether oxygens (including phenoxy) is 2. The number of aliphatic hydroxyl groups excluding tert-OH is 1. The molecule has 1 unspecified atom stereocenters. The second-order valence-corrected chi connectivity index (χ2v) is 5.09. The minimum atomic E-state index is 0.246. The van der Waals surface area contributed by atoms with Crippen molar-refractivity contribution in [1.82, 2.24) is 10.2 Å². The Morgan fingerprint density at radius 2 is 2.21 bits per heavy atom. The lowest BCUT2D eigenvalue weighted by Gasteiger charge is -2.33. The van der Waals surface area contributed by atoms with E-state index < -0.39 is 0 Å². The van der Waals surface area contributed by atoms with Crippen LogP contribution in [0.25, 0.3) is 0 Å². The first-order chi connectivity index (χ1) is 9.35. The van der Waals surface area contributed by atoms with Gasteiger partial charge in [-0.05, 0) is 24.1 Å². The van der Waals surface area contributed by atoms with E-state index in [4.69, 9.17) is 14.6 Å². The van der Waals surface area contributed by atoms with E-state index in [0.29, 0.717) is 12.8 Å². The third-order valence-corrected chi connectivity index (χ3v) is 3.66. The molecule has 0 amide bonds. The lowest BCUT2D eigenvalue weighted by Crippen LogP contribution is -2.50. The summed E-state index contributed by atoms with van der Waals surface area (Å²) in [5.74, 6) is 1.68. The first kappa shape index (κ1) is 12.7. The quantitative estimate of drug-likeness (QED) is 0.833. The van der Waals surface area contributed by atoms with Gasteiger partial charge in [0, 0.05) is 38.8 Å². The Bertz CT molecular complexity index is 437. The molecule has 0 saturated carbocycles. The predicted octanol–water partition coefficient (Wildman–Crippen LogP) is 0.571. The van der Waals surface area contributed by atoms with E-state index in [1.807, 2.05) is 6.07 Å². The summed E-state index contributed by atoms with van der Waals surface area (Å²) in [4.78, 5) is 2.41. The van der Waals surface area contributed by atoms with E-state index in [9.17, 15) is 0 Å². The summed E-state index contributed by atoms with van der Waals surface area (Å²) >= 11 is 0. The van der Waals surface area contributed by atoms with Crippen LogP contribution in [0, 0.1) is 0 Å². The van der Waals surface area contributed by atoms with E-state index in [0.717, 1.165) is 44.1 Å². The molecule has 2 aliphatic rings. The number of nitrogens with one attached hydrogen (secondary N) is 1. The molecule has 0 radical (unpaired) electrons. The fourth-order valence-corrected chi connectivity index (χ4v) is 2.68. The third-order valence-electron chi connectivity index (χ3n) is 3.66.